The van der Waals surface area contributed by atoms with Crippen LogP contribution in [0.25, 0.3) is 11.1 Å². The van der Waals surface area contributed by atoms with E-state index >= 15 is 0 Å². The Hall–Kier alpha value is -3.52. The predicted octanol–water partition coefficient (Wildman–Crippen LogP) is 6.02. The Morgan fingerprint density at radius 1 is 1.00 bits per heavy atom. The average molecular weight is 498 g/mol. The van der Waals surface area contributed by atoms with Gasteiger partial charge in [-0.3, -0.25) is 4.79 Å². The van der Waals surface area contributed by atoms with Gasteiger partial charge in [-0.2, -0.15) is 0 Å². The third kappa shape index (κ3) is 6.33. The van der Waals surface area contributed by atoms with Crippen LogP contribution in [-0.2, 0) is 9.53 Å². The number of thiophene rings is 1. The van der Waals surface area contributed by atoms with Gasteiger partial charge in [0, 0.05) is 17.4 Å². The summed E-state index contributed by atoms with van der Waals surface area (Å²) >= 11 is 1.28. The number of hydrogen-bond acceptors (Lipinski definition) is 7. The van der Waals surface area contributed by atoms with Crippen LogP contribution in [0.1, 0.15) is 41.3 Å². The number of ether oxygens (including phenoxy) is 4. The molecule has 0 radical (unpaired) electrons. The third-order valence-electron chi connectivity index (χ3n) is 5.58. The van der Waals surface area contributed by atoms with E-state index in [0.717, 1.165) is 22.4 Å². The second-order valence-corrected chi connectivity index (χ2v) is 8.72. The average Bonchev–Trinajstić information content (AvgIpc) is 3.27. The molecule has 0 saturated heterocycles. The number of aryl methyl sites for hydroxylation is 1. The SMILES string of the molecule is CCOC(=O)c1c(-c2ccc(OC)c(OC)c2)csc1NC(=O)CCCOc1cccc(C)c1C. The first-order valence-electron chi connectivity index (χ1n) is 11.4. The van der Waals surface area contributed by atoms with Crippen LogP contribution in [0.5, 0.6) is 17.2 Å². The van der Waals surface area contributed by atoms with Crippen molar-refractivity contribution in [3.8, 4) is 28.4 Å². The largest absolute Gasteiger partial charge is 0.493 e. The zero-order valence-electron chi connectivity index (χ0n) is 20.7. The lowest BCUT2D eigenvalue weighted by Crippen LogP contribution is -2.15. The molecule has 0 saturated carbocycles. The van der Waals surface area contributed by atoms with Crippen LogP contribution in [-0.4, -0.2) is 39.3 Å². The van der Waals surface area contributed by atoms with Gasteiger partial charge in [-0.1, -0.05) is 18.2 Å². The number of amides is 1. The van der Waals surface area contributed by atoms with Crippen molar-refractivity contribution >= 4 is 28.2 Å². The van der Waals surface area contributed by atoms with Gasteiger partial charge in [0.05, 0.1) is 27.4 Å². The Balaban J connectivity index is 1.72. The van der Waals surface area contributed by atoms with E-state index in [1.165, 1.54) is 11.3 Å². The number of hydrogen-bond donors (Lipinski definition) is 1. The highest BCUT2D eigenvalue weighted by Gasteiger charge is 2.23. The fourth-order valence-corrected chi connectivity index (χ4v) is 4.53. The molecular weight excluding hydrogens is 466 g/mol. The van der Waals surface area contributed by atoms with Crippen molar-refractivity contribution in [1.29, 1.82) is 0 Å². The van der Waals surface area contributed by atoms with Crippen LogP contribution in [0.2, 0.25) is 0 Å². The molecule has 2 aromatic carbocycles. The summed E-state index contributed by atoms with van der Waals surface area (Å²) in [5.41, 5.74) is 3.99. The lowest BCUT2D eigenvalue weighted by Gasteiger charge is -2.12. The Morgan fingerprint density at radius 2 is 1.77 bits per heavy atom. The number of carbonyl (C=O) groups excluding carboxylic acids is 2. The molecule has 186 valence electrons. The number of nitrogens with one attached hydrogen (secondary N) is 1. The minimum Gasteiger partial charge on any atom is -0.493 e. The van der Waals surface area contributed by atoms with Gasteiger partial charge in [0.2, 0.25) is 5.91 Å². The summed E-state index contributed by atoms with van der Waals surface area (Å²) in [4.78, 5) is 25.5. The Bertz CT molecular complexity index is 1190. The normalized spacial score (nSPS) is 10.5. The van der Waals surface area contributed by atoms with Gasteiger partial charge >= 0.3 is 5.97 Å². The molecule has 1 amide bonds. The highest BCUT2D eigenvalue weighted by Crippen LogP contribution is 2.39. The quantitative estimate of drug-likeness (QED) is 0.258. The van der Waals surface area contributed by atoms with Crippen molar-refractivity contribution in [3.63, 3.8) is 0 Å². The molecule has 3 rings (SSSR count). The van der Waals surface area contributed by atoms with Crippen molar-refractivity contribution in [3.05, 3.63) is 58.5 Å². The molecule has 0 unspecified atom stereocenters. The number of carbonyl (C=O) groups is 2. The van der Waals surface area contributed by atoms with Crippen LogP contribution >= 0.6 is 11.3 Å². The maximum Gasteiger partial charge on any atom is 0.341 e. The van der Waals surface area contributed by atoms with E-state index in [1.54, 1.807) is 33.3 Å². The second-order valence-electron chi connectivity index (χ2n) is 7.84. The summed E-state index contributed by atoms with van der Waals surface area (Å²) in [7, 11) is 3.12. The molecule has 35 heavy (non-hydrogen) atoms. The van der Waals surface area contributed by atoms with E-state index in [9.17, 15) is 9.59 Å². The Labute approximate surface area is 210 Å². The first-order valence-corrected chi connectivity index (χ1v) is 12.3. The van der Waals surface area contributed by atoms with E-state index in [0.29, 0.717) is 40.7 Å². The fraction of sp³-hybridized carbons (Fsp3) is 0.333. The van der Waals surface area contributed by atoms with Gasteiger partial charge in [-0.15, -0.1) is 11.3 Å². The summed E-state index contributed by atoms with van der Waals surface area (Å²) in [6.45, 7) is 6.44. The highest BCUT2D eigenvalue weighted by atomic mass is 32.1. The van der Waals surface area contributed by atoms with E-state index in [-0.39, 0.29) is 18.9 Å². The summed E-state index contributed by atoms with van der Waals surface area (Å²) < 4.78 is 21.8. The van der Waals surface area contributed by atoms with E-state index in [2.05, 4.69) is 5.32 Å². The summed E-state index contributed by atoms with van der Waals surface area (Å²) in [6.07, 6.45) is 0.804. The van der Waals surface area contributed by atoms with Crippen molar-refractivity contribution in [2.24, 2.45) is 0 Å². The molecule has 0 atom stereocenters. The minimum absolute atomic E-state index is 0.194. The van der Waals surface area contributed by atoms with Crippen LogP contribution in [0, 0.1) is 13.8 Å². The molecule has 0 aliphatic carbocycles. The molecule has 0 bridgehead atoms. The lowest BCUT2D eigenvalue weighted by molar-refractivity contribution is -0.116. The second kappa shape index (κ2) is 12.3. The first-order chi connectivity index (χ1) is 16.9. The standard InChI is InChI=1S/C27H31NO6S/c1-6-33-27(30)25-20(19-12-13-22(31-4)23(15-19)32-5)16-35-26(25)28-24(29)11-8-14-34-21-10-7-9-17(2)18(21)3/h7,9-10,12-13,15-16H,6,8,11,14H2,1-5H3,(H,28,29). The van der Waals surface area contributed by atoms with Crippen molar-refractivity contribution < 1.29 is 28.5 Å². The molecule has 0 aliphatic heterocycles. The minimum atomic E-state index is -0.493. The lowest BCUT2D eigenvalue weighted by atomic mass is 10.0. The third-order valence-corrected chi connectivity index (χ3v) is 6.47. The Kier molecular flexibility index (Phi) is 9.14. The maximum atomic E-state index is 12.8. The van der Waals surface area contributed by atoms with E-state index in [1.807, 2.05) is 43.5 Å². The summed E-state index contributed by atoms with van der Waals surface area (Å²) in [6, 6.07) is 11.3. The number of anilines is 1. The van der Waals surface area contributed by atoms with Crippen LogP contribution in [0.4, 0.5) is 5.00 Å². The molecular formula is C27H31NO6S. The summed E-state index contributed by atoms with van der Waals surface area (Å²) in [5, 5.41) is 5.16. The first kappa shape index (κ1) is 26.1. The number of rotatable bonds is 11. The van der Waals surface area contributed by atoms with Gasteiger partial charge in [0.1, 0.15) is 16.3 Å². The van der Waals surface area contributed by atoms with Crippen molar-refractivity contribution in [2.45, 2.75) is 33.6 Å². The molecule has 1 N–H and O–H groups in total. The molecule has 0 aliphatic rings. The fourth-order valence-electron chi connectivity index (χ4n) is 3.56. The topological polar surface area (TPSA) is 83.1 Å². The van der Waals surface area contributed by atoms with Gasteiger partial charge < -0.3 is 24.3 Å². The zero-order valence-corrected chi connectivity index (χ0v) is 21.5. The molecule has 1 heterocycles. The van der Waals surface area contributed by atoms with E-state index in [4.69, 9.17) is 18.9 Å². The van der Waals surface area contributed by atoms with Gasteiger partial charge in [-0.05, 0) is 62.1 Å². The van der Waals surface area contributed by atoms with E-state index < -0.39 is 5.97 Å². The molecule has 8 heteroatoms. The molecule has 3 aromatic rings. The zero-order chi connectivity index (χ0) is 25.4. The highest BCUT2D eigenvalue weighted by molar-refractivity contribution is 7.15. The maximum absolute atomic E-state index is 12.8. The Morgan fingerprint density at radius 3 is 2.49 bits per heavy atom. The molecule has 0 fully saturated rings. The summed E-state index contributed by atoms with van der Waals surface area (Å²) in [5.74, 6) is 1.27. The number of benzene rings is 2. The van der Waals surface area contributed by atoms with Gasteiger partial charge in [-0.25, -0.2) is 4.79 Å². The van der Waals surface area contributed by atoms with Crippen LogP contribution in [0.15, 0.2) is 41.8 Å². The number of methoxy groups -OCH3 is 2. The predicted molar refractivity (Wildman–Crippen MR) is 138 cm³/mol. The monoisotopic (exact) mass is 497 g/mol. The molecule has 0 spiro atoms. The van der Waals surface area contributed by atoms with Crippen LogP contribution < -0.4 is 19.5 Å². The van der Waals surface area contributed by atoms with Crippen molar-refractivity contribution in [1.82, 2.24) is 0 Å². The van der Waals surface area contributed by atoms with Crippen LogP contribution in [0.3, 0.4) is 0 Å². The van der Waals surface area contributed by atoms with Gasteiger partial charge in [0.25, 0.3) is 0 Å². The molecule has 7 nitrogen and oxygen atoms in total. The van der Waals surface area contributed by atoms with Gasteiger partial charge in [0.15, 0.2) is 11.5 Å². The van der Waals surface area contributed by atoms with Crippen molar-refractivity contribution in [2.75, 3.05) is 32.8 Å². The number of esters is 1. The smallest absolute Gasteiger partial charge is 0.341 e. The molecule has 1 aromatic heterocycles.